The number of carbonyl (C=O) groups is 1. The summed E-state index contributed by atoms with van der Waals surface area (Å²) >= 11 is 12.0. The molecule has 0 aromatic heterocycles. The first kappa shape index (κ1) is 13.5. The van der Waals surface area contributed by atoms with Gasteiger partial charge in [0.25, 0.3) is 0 Å². The maximum atomic E-state index is 12.1. The number of benzene rings is 1. The summed E-state index contributed by atoms with van der Waals surface area (Å²) in [5.41, 5.74) is -0.0864. The van der Waals surface area contributed by atoms with E-state index in [2.05, 4.69) is 5.32 Å². The molecular weight excluding hydrogens is 273 g/mol. The van der Waals surface area contributed by atoms with Gasteiger partial charge in [0, 0.05) is 0 Å². The van der Waals surface area contributed by atoms with Crippen molar-refractivity contribution in [3.8, 4) is 5.75 Å². The molecule has 98 valence electrons. The van der Waals surface area contributed by atoms with Crippen LogP contribution in [0.1, 0.15) is 20.3 Å². The van der Waals surface area contributed by atoms with E-state index < -0.39 is 9.75 Å². The van der Waals surface area contributed by atoms with Gasteiger partial charge in [-0.05, 0) is 32.4 Å². The van der Waals surface area contributed by atoms with Crippen molar-refractivity contribution in [1.82, 2.24) is 0 Å². The predicted molar refractivity (Wildman–Crippen MR) is 73.4 cm³/mol. The van der Waals surface area contributed by atoms with Crippen LogP contribution in [0.5, 0.6) is 5.75 Å². The van der Waals surface area contributed by atoms with Crippen LogP contribution < -0.4 is 10.1 Å². The number of hydrogen-bond acceptors (Lipinski definition) is 2. The molecular formula is C13H15Cl2NO2. The Balaban J connectivity index is 2.13. The van der Waals surface area contributed by atoms with E-state index >= 15 is 0 Å². The van der Waals surface area contributed by atoms with Crippen LogP contribution in [0.3, 0.4) is 0 Å². The van der Waals surface area contributed by atoms with Gasteiger partial charge in [-0.25, -0.2) is 0 Å². The molecule has 1 aromatic rings. The SMILES string of the molecule is CCOc1ccccc1NC(=O)C1(C)CC1(Cl)Cl. The molecule has 0 radical (unpaired) electrons. The number of nitrogens with one attached hydrogen (secondary N) is 1. The molecule has 0 spiro atoms. The van der Waals surface area contributed by atoms with Crippen molar-refractivity contribution in [2.75, 3.05) is 11.9 Å². The third kappa shape index (κ3) is 2.29. The van der Waals surface area contributed by atoms with Gasteiger partial charge in [-0.3, -0.25) is 4.79 Å². The average Bonchev–Trinajstić information content (AvgIpc) is 2.83. The van der Waals surface area contributed by atoms with Gasteiger partial charge in [0.2, 0.25) is 5.91 Å². The Morgan fingerprint density at radius 1 is 1.44 bits per heavy atom. The van der Waals surface area contributed by atoms with Crippen LogP contribution in [-0.4, -0.2) is 16.8 Å². The zero-order chi connectivity index (χ0) is 13.4. The first-order chi connectivity index (χ1) is 8.40. The van der Waals surface area contributed by atoms with E-state index in [9.17, 15) is 4.79 Å². The van der Waals surface area contributed by atoms with Crippen LogP contribution >= 0.6 is 23.2 Å². The lowest BCUT2D eigenvalue weighted by Crippen LogP contribution is -2.26. The van der Waals surface area contributed by atoms with Crippen LogP contribution in [0.15, 0.2) is 24.3 Å². The number of alkyl halides is 2. The summed E-state index contributed by atoms with van der Waals surface area (Å²) in [6.45, 7) is 4.19. The lowest BCUT2D eigenvalue weighted by Gasteiger charge is -2.15. The maximum Gasteiger partial charge on any atom is 0.233 e. The Labute approximate surface area is 116 Å². The largest absolute Gasteiger partial charge is 0.492 e. The number of hydrogen-bond donors (Lipinski definition) is 1. The van der Waals surface area contributed by atoms with Crippen LogP contribution in [-0.2, 0) is 4.79 Å². The summed E-state index contributed by atoms with van der Waals surface area (Å²) in [6.07, 6.45) is 0.464. The van der Waals surface area contributed by atoms with Gasteiger partial charge in [0.15, 0.2) is 0 Å². The molecule has 3 nitrogen and oxygen atoms in total. The molecule has 1 unspecified atom stereocenters. The van der Waals surface area contributed by atoms with Crippen LogP contribution in [0.2, 0.25) is 0 Å². The Kier molecular flexibility index (Phi) is 3.47. The quantitative estimate of drug-likeness (QED) is 0.859. The second-order valence-electron chi connectivity index (χ2n) is 4.60. The molecule has 5 heteroatoms. The molecule has 0 aliphatic heterocycles. The van der Waals surface area contributed by atoms with Crippen molar-refractivity contribution in [1.29, 1.82) is 0 Å². The topological polar surface area (TPSA) is 38.3 Å². The second-order valence-corrected chi connectivity index (χ2v) is 6.08. The van der Waals surface area contributed by atoms with Gasteiger partial charge < -0.3 is 10.1 Å². The highest BCUT2D eigenvalue weighted by atomic mass is 35.5. The minimum absolute atomic E-state index is 0.181. The van der Waals surface area contributed by atoms with Crippen LogP contribution in [0.25, 0.3) is 0 Å². The standard InChI is InChI=1S/C13H15Cl2NO2/c1-3-18-10-7-5-4-6-9(10)16-11(17)12(2)8-13(12,14)15/h4-7H,3,8H2,1-2H3,(H,16,17). The van der Waals surface area contributed by atoms with Crippen LogP contribution in [0, 0.1) is 5.41 Å². The Hall–Kier alpha value is -0.930. The third-order valence-corrected chi connectivity index (χ3v) is 4.30. The molecule has 1 aliphatic rings. The number of amides is 1. The first-order valence-corrected chi connectivity index (χ1v) is 6.57. The molecule has 1 fully saturated rings. The van der Waals surface area contributed by atoms with E-state index in [1.807, 2.05) is 25.1 Å². The van der Waals surface area contributed by atoms with E-state index in [0.29, 0.717) is 24.5 Å². The highest BCUT2D eigenvalue weighted by molar-refractivity contribution is 6.53. The van der Waals surface area contributed by atoms with Crippen molar-refractivity contribution < 1.29 is 9.53 Å². The highest BCUT2D eigenvalue weighted by Gasteiger charge is 2.67. The van der Waals surface area contributed by atoms with E-state index in [1.165, 1.54) is 0 Å². The fourth-order valence-corrected chi connectivity index (χ4v) is 2.46. The molecule has 2 rings (SSSR count). The molecule has 1 amide bonds. The average molecular weight is 288 g/mol. The van der Waals surface area contributed by atoms with Crippen LogP contribution in [0.4, 0.5) is 5.69 Å². The minimum Gasteiger partial charge on any atom is -0.492 e. The summed E-state index contributed by atoms with van der Waals surface area (Å²) in [7, 11) is 0. The Morgan fingerprint density at radius 3 is 2.61 bits per heavy atom. The van der Waals surface area contributed by atoms with Crippen molar-refractivity contribution in [3.63, 3.8) is 0 Å². The van der Waals surface area contributed by atoms with Gasteiger partial charge in [-0.15, -0.1) is 23.2 Å². The lowest BCUT2D eigenvalue weighted by atomic mass is 10.1. The molecule has 1 aromatic carbocycles. The molecule has 1 N–H and O–H groups in total. The third-order valence-electron chi connectivity index (χ3n) is 3.19. The molecule has 0 saturated heterocycles. The number of halogens is 2. The van der Waals surface area contributed by atoms with E-state index in [-0.39, 0.29) is 5.91 Å². The minimum atomic E-state index is -0.961. The number of anilines is 1. The predicted octanol–water partition coefficient (Wildman–Crippen LogP) is 3.61. The smallest absolute Gasteiger partial charge is 0.233 e. The summed E-state index contributed by atoms with van der Waals surface area (Å²) in [5, 5.41) is 2.82. The van der Waals surface area contributed by atoms with Gasteiger partial charge in [0.1, 0.15) is 10.1 Å². The Morgan fingerprint density at radius 2 is 2.06 bits per heavy atom. The summed E-state index contributed by atoms with van der Waals surface area (Å²) < 4.78 is 4.48. The van der Waals surface area contributed by atoms with Crippen molar-refractivity contribution in [2.24, 2.45) is 5.41 Å². The molecule has 0 bridgehead atoms. The maximum absolute atomic E-state index is 12.1. The van der Waals surface area contributed by atoms with E-state index in [1.54, 1.807) is 13.0 Å². The van der Waals surface area contributed by atoms with E-state index in [0.717, 1.165) is 0 Å². The number of rotatable bonds is 4. The van der Waals surface area contributed by atoms with Gasteiger partial charge in [-0.1, -0.05) is 12.1 Å². The Bertz CT molecular complexity index is 476. The lowest BCUT2D eigenvalue weighted by molar-refractivity contribution is -0.120. The summed E-state index contributed by atoms with van der Waals surface area (Å²) in [5.74, 6) is 0.465. The number of carbonyl (C=O) groups excluding carboxylic acids is 1. The summed E-state index contributed by atoms with van der Waals surface area (Å²) in [6, 6.07) is 7.29. The van der Waals surface area contributed by atoms with Gasteiger partial charge in [-0.2, -0.15) is 0 Å². The monoisotopic (exact) mass is 287 g/mol. The normalized spacial score (nSPS) is 24.4. The van der Waals surface area contributed by atoms with Gasteiger partial charge in [0.05, 0.1) is 17.7 Å². The van der Waals surface area contributed by atoms with Crippen molar-refractivity contribution in [3.05, 3.63) is 24.3 Å². The summed E-state index contributed by atoms with van der Waals surface area (Å²) in [4.78, 5) is 12.1. The fourth-order valence-electron chi connectivity index (χ4n) is 1.76. The second kappa shape index (κ2) is 4.63. The zero-order valence-electron chi connectivity index (χ0n) is 10.3. The van der Waals surface area contributed by atoms with Gasteiger partial charge >= 0.3 is 0 Å². The molecule has 1 aliphatic carbocycles. The van der Waals surface area contributed by atoms with Crippen molar-refractivity contribution >= 4 is 34.8 Å². The fraction of sp³-hybridized carbons (Fsp3) is 0.462. The zero-order valence-corrected chi connectivity index (χ0v) is 11.8. The molecule has 0 heterocycles. The number of para-hydroxylation sites is 2. The molecule has 1 saturated carbocycles. The highest BCUT2D eigenvalue weighted by Crippen LogP contribution is 2.64. The van der Waals surface area contributed by atoms with E-state index in [4.69, 9.17) is 27.9 Å². The molecule has 1 atom stereocenters. The number of ether oxygens (including phenoxy) is 1. The first-order valence-electron chi connectivity index (χ1n) is 5.82. The van der Waals surface area contributed by atoms with Crippen molar-refractivity contribution in [2.45, 2.75) is 24.6 Å². The molecule has 18 heavy (non-hydrogen) atoms.